The molecule has 0 spiro atoms. The van der Waals surface area contributed by atoms with Crippen LogP contribution in [-0.2, 0) is 52.3 Å². The van der Waals surface area contributed by atoms with Crippen LogP contribution in [0.5, 0.6) is 0 Å². The molecular weight excluding hydrogens is 746 g/mol. The van der Waals surface area contributed by atoms with Crippen LogP contribution in [0, 0.1) is 5.41 Å². The maximum Gasteiger partial charge on any atom is 0.409 e. The van der Waals surface area contributed by atoms with Crippen LogP contribution in [-0.4, -0.2) is 140 Å². The second kappa shape index (κ2) is 21.8. The van der Waals surface area contributed by atoms with E-state index in [2.05, 4.69) is 6.92 Å². The van der Waals surface area contributed by atoms with E-state index >= 15 is 0 Å². The molecule has 0 saturated carbocycles. The molecule has 324 valence electrons. The number of cyclic esters (lactones) is 1. The number of methoxy groups -OCH3 is 1. The lowest BCUT2D eigenvalue weighted by molar-refractivity contribution is -0.327. The fourth-order valence-corrected chi connectivity index (χ4v) is 7.76. The van der Waals surface area contributed by atoms with Crippen LogP contribution in [0.25, 0.3) is 0 Å². The number of carbonyl (C=O) groups excluding carboxylic acids is 4. The Balaban J connectivity index is 1.68. The van der Waals surface area contributed by atoms with E-state index in [-0.39, 0.29) is 37.4 Å². The van der Waals surface area contributed by atoms with Crippen LogP contribution in [0.1, 0.15) is 111 Å². The van der Waals surface area contributed by atoms with Gasteiger partial charge in [0.2, 0.25) is 5.79 Å². The number of aliphatic hydroxyl groups is 3. The number of rotatable bonds is 10. The van der Waals surface area contributed by atoms with Crippen molar-refractivity contribution in [3.8, 4) is 0 Å². The zero-order valence-electron chi connectivity index (χ0n) is 34.4. The molecule has 4 aliphatic heterocycles. The molecule has 3 fully saturated rings. The zero-order chi connectivity index (χ0) is 41.8. The molecule has 4 heterocycles. The normalized spacial score (nSPS) is 34.9. The quantitative estimate of drug-likeness (QED) is 0.0938. The van der Waals surface area contributed by atoms with E-state index in [0.29, 0.717) is 38.7 Å². The maximum absolute atomic E-state index is 13.3. The highest BCUT2D eigenvalue weighted by Crippen LogP contribution is 2.47. The van der Waals surface area contributed by atoms with Gasteiger partial charge in [0, 0.05) is 64.1 Å². The largest absolute Gasteiger partial charge is 0.466 e. The number of unbranched alkanes of at least 4 members (excludes halogenated alkanes) is 4. The van der Waals surface area contributed by atoms with E-state index < -0.39 is 97.2 Å². The number of hydrogen-bond acceptors (Lipinski definition) is 15. The summed E-state index contributed by atoms with van der Waals surface area (Å²) in [6.45, 7) is 5.19. The minimum atomic E-state index is -2.30. The molecule has 57 heavy (non-hydrogen) atoms. The Bertz CT molecular complexity index is 1400. The van der Waals surface area contributed by atoms with Crippen LogP contribution in [0.2, 0.25) is 0 Å². The number of amides is 1. The van der Waals surface area contributed by atoms with Gasteiger partial charge < -0.3 is 58.1 Å². The lowest BCUT2D eigenvalue weighted by Crippen LogP contribution is -2.62. The summed E-state index contributed by atoms with van der Waals surface area (Å²) in [5.41, 5.74) is -1.14. The van der Waals surface area contributed by atoms with Crippen molar-refractivity contribution in [3.63, 3.8) is 0 Å². The number of esters is 3. The predicted molar refractivity (Wildman–Crippen MR) is 203 cm³/mol. The van der Waals surface area contributed by atoms with Gasteiger partial charge in [-0.15, -0.1) is 0 Å². The van der Waals surface area contributed by atoms with E-state index in [0.717, 1.165) is 31.8 Å². The fraction of sp³-hybridized carbons (Fsp3) is 0.805. The summed E-state index contributed by atoms with van der Waals surface area (Å²) in [5.74, 6) is -4.41. The number of aliphatic hydroxyl groups excluding tert-OH is 2. The van der Waals surface area contributed by atoms with Crippen LogP contribution >= 0.6 is 0 Å². The Morgan fingerprint density at radius 2 is 1.67 bits per heavy atom. The monoisotopic (exact) mass is 811 g/mol. The molecule has 0 aromatic heterocycles. The molecule has 4 aliphatic rings. The third kappa shape index (κ3) is 13.7. The first-order chi connectivity index (χ1) is 27.0. The Morgan fingerprint density at radius 3 is 2.35 bits per heavy atom. The van der Waals surface area contributed by atoms with Gasteiger partial charge in [-0.3, -0.25) is 9.59 Å². The van der Waals surface area contributed by atoms with Gasteiger partial charge in [0.15, 0.2) is 12.4 Å². The van der Waals surface area contributed by atoms with Crippen molar-refractivity contribution in [2.75, 3.05) is 34.4 Å². The first-order valence-corrected chi connectivity index (χ1v) is 20.4. The molecule has 16 nitrogen and oxygen atoms in total. The first kappa shape index (κ1) is 46.6. The SMILES string of the molecule is CCCCCCCC(=O)O[C@H]1/C(=C/C(=O)OC)C[C@H]2C[C@H](CO)OC(=O)C[C@H](O)C[C@@H]3C[C@H](OC(=O)N(C)C)C[C@H](C[C@@H]4CCO[C@H](/C=C\C(C)(C)[C@]1(O)O2)O4)O3. The summed E-state index contributed by atoms with van der Waals surface area (Å²) >= 11 is 0. The highest BCUT2D eigenvalue weighted by atomic mass is 16.7. The van der Waals surface area contributed by atoms with Gasteiger partial charge in [-0.05, 0) is 30.9 Å². The summed E-state index contributed by atoms with van der Waals surface area (Å²) in [6.07, 6.45) is 2.33. The van der Waals surface area contributed by atoms with Gasteiger partial charge in [0.25, 0.3) is 0 Å². The minimum Gasteiger partial charge on any atom is -0.466 e. The van der Waals surface area contributed by atoms with Crippen LogP contribution < -0.4 is 0 Å². The van der Waals surface area contributed by atoms with Crippen molar-refractivity contribution >= 4 is 24.0 Å². The van der Waals surface area contributed by atoms with E-state index in [1.807, 2.05) is 0 Å². The van der Waals surface area contributed by atoms with Crippen LogP contribution in [0.3, 0.4) is 0 Å². The first-order valence-electron chi connectivity index (χ1n) is 20.4. The molecule has 10 atom stereocenters. The van der Waals surface area contributed by atoms with Crippen molar-refractivity contribution in [3.05, 3.63) is 23.8 Å². The summed E-state index contributed by atoms with van der Waals surface area (Å²) in [5, 5.41) is 34.1. The second-order valence-electron chi connectivity index (χ2n) is 16.4. The average molecular weight is 812 g/mol. The third-order valence-corrected chi connectivity index (χ3v) is 10.9. The standard InChI is InChI=1S/C41H65NO15/c1-7-8-9-10-11-12-34(45)56-38-26(18-35(46)50-6)17-32-24-33(25-43)53-36(47)20-27(44)19-29-22-31(55-39(48)42(4)5)23-30(52-29)21-28-14-16-51-37(54-28)13-15-40(2,3)41(38,49)57-32/h13,15,18,27-33,37-38,43-44,49H,7-12,14,16-17,19-25H2,1-6H3/b15-13-,26-18+/t27-,28+,29-,30+,31+,32+,33-,37+,38+,41-/m1/s1. The van der Waals surface area contributed by atoms with Gasteiger partial charge in [-0.1, -0.05) is 52.5 Å². The molecule has 0 unspecified atom stereocenters. The predicted octanol–water partition coefficient (Wildman–Crippen LogP) is 4.00. The molecule has 0 aromatic rings. The van der Waals surface area contributed by atoms with E-state index in [9.17, 15) is 34.5 Å². The van der Waals surface area contributed by atoms with Crippen molar-refractivity contribution in [1.82, 2.24) is 4.90 Å². The van der Waals surface area contributed by atoms with Gasteiger partial charge in [0.05, 0.1) is 57.3 Å². The molecular formula is C41H65NO15. The molecule has 6 bridgehead atoms. The number of hydrogen-bond donors (Lipinski definition) is 3. The molecule has 3 saturated heterocycles. The molecule has 0 radical (unpaired) electrons. The molecule has 0 aromatic carbocycles. The van der Waals surface area contributed by atoms with Gasteiger partial charge in [-0.2, -0.15) is 0 Å². The van der Waals surface area contributed by atoms with E-state index in [1.165, 1.54) is 12.0 Å². The Labute approximate surface area is 336 Å². The molecule has 3 N–H and O–H groups in total. The number of fused-ring (bicyclic) bond motifs is 6. The number of carbonyl (C=O) groups is 4. The second-order valence-corrected chi connectivity index (χ2v) is 16.4. The fourth-order valence-electron chi connectivity index (χ4n) is 7.76. The highest BCUT2D eigenvalue weighted by molar-refractivity contribution is 5.83. The zero-order valence-corrected chi connectivity index (χ0v) is 34.4. The Kier molecular flexibility index (Phi) is 17.8. The Hall–Kier alpha value is -3.12. The summed E-state index contributed by atoms with van der Waals surface area (Å²) in [4.78, 5) is 53.1. The molecule has 1 amide bonds. The van der Waals surface area contributed by atoms with Crippen LogP contribution in [0.4, 0.5) is 4.79 Å². The van der Waals surface area contributed by atoms with Gasteiger partial charge in [0.1, 0.15) is 12.2 Å². The van der Waals surface area contributed by atoms with E-state index in [4.69, 9.17) is 37.9 Å². The minimum absolute atomic E-state index is 0.0431. The van der Waals surface area contributed by atoms with Crippen LogP contribution in [0.15, 0.2) is 23.8 Å². The van der Waals surface area contributed by atoms with Crippen molar-refractivity contribution in [2.24, 2.45) is 5.41 Å². The maximum atomic E-state index is 13.3. The molecule has 16 heteroatoms. The number of ether oxygens (including phenoxy) is 8. The molecule has 0 aliphatic carbocycles. The van der Waals surface area contributed by atoms with Gasteiger partial charge in [-0.25, -0.2) is 9.59 Å². The summed E-state index contributed by atoms with van der Waals surface area (Å²) in [7, 11) is 4.39. The number of nitrogens with zero attached hydrogens (tertiary/aromatic N) is 1. The highest BCUT2D eigenvalue weighted by Gasteiger charge is 2.57. The van der Waals surface area contributed by atoms with Crippen molar-refractivity contribution in [1.29, 1.82) is 0 Å². The summed E-state index contributed by atoms with van der Waals surface area (Å²) in [6, 6.07) is 0. The topological polar surface area (TPSA) is 206 Å². The summed E-state index contributed by atoms with van der Waals surface area (Å²) < 4.78 is 47.4. The Morgan fingerprint density at radius 1 is 0.947 bits per heavy atom. The third-order valence-electron chi connectivity index (χ3n) is 10.9. The van der Waals surface area contributed by atoms with Crippen molar-refractivity contribution < 1.29 is 72.4 Å². The van der Waals surface area contributed by atoms with Crippen molar-refractivity contribution in [2.45, 2.75) is 172 Å². The average Bonchev–Trinajstić information content (AvgIpc) is 3.14. The smallest absolute Gasteiger partial charge is 0.409 e. The van der Waals surface area contributed by atoms with Gasteiger partial charge >= 0.3 is 24.0 Å². The van der Waals surface area contributed by atoms with E-state index in [1.54, 1.807) is 40.1 Å². The molecule has 4 rings (SSSR count). The lowest BCUT2D eigenvalue weighted by atomic mass is 9.74. The lowest BCUT2D eigenvalue weighted by Gasteiger charge is -2.51.